The van der Waals surface area contributed by atoms with Gasteiger partial charge in [-0.3, -0.25) is 4.79 Å². The third kappa shape index (κ3) is 4.40. The number of rotatable bonds is 7. The van der Waals surface area contributed by atoms with Crippen LogP contribution in [0, 0.1) is 6.92 Å². The fourth-order valence-electron chi connectivity index (χ4n) is 3.89. The molecule has 0 aliphatic carbocycles. The predicted octanol–water partition coefficient (Wildman–Crippen LogP) is 4.82. The number of carbonyl (C=O) groups is 1. The monoisotopic (exact) mass is 421 g/mol. The number of amides is 1. The molecule has 2 aromatic carbocycles. The molecule has 7 nitrogen and oxygen atoms in total. The molecule has 0 unspecified atom stereocenters. The summed E-state index contributed by atoms with van der Waals surface area (Å²) in [7, 11) is 0. The maximum Gasteiger partial charge on any atom is 0.254 e. The van der Waals surface area contributed by atoms with E-state index >= 15 is 0 Å². The Morgan fingerprint density at radius 3 is 2.71 bits per heavy atom. The summed E-state index contributed by atoms with van der Waals surface area (Å²) in [5.41, 5.74) is 2.58. The van der Waals surface area contributed by atoms with Gasteiger partial charge < -0.3 is 18.9 Å². The minimum atomic E-state index is -0.235. The highest BCUT2D eigenvalue weighted by Crippen LogP contribution is 2.35. The summed E-state index contributed by atoms with van der Waals surface area (Å²) in [4.78, 5) is 19.7. The molecule has 0 radical (unpaired) electrons. The predicted molar refractivity (Wildman–Crippen MR) is 116 cm³/mol. The number of likely N-dealkylation sites (tertiary alicyclic amines) is 1. The van der Waals surface area contributed by atoms with Crippen LogP contribution in [-0.2, 0) is 0 Å². The molecular weight excluding hydrogens is 394 g/mol. The van der Waals surface area contributed by atoms with Crippen LogP contribution < -0.4 is 9.47 Å². The quantitative estimate of drug-likeness (QED) is 0.544. The second kappa shape index (κ2) is 9.20. The number of ether oxygens (including phenoxy) is 2. The van der Waals surface area contributed by atoms with E-state index < -0.39 is 0 Å². The number of aryl methyl sites for hydroxylation is 1. The zero-order valence-electron chi connectivity index (χ0n) is 18.1. The summed E-state index contributed by atoms with van der Waals surface area (Å²) >= 11 is 0. The van der Waals surface area contributed by atoms with E-state index in [1.165, 1.54) is 0 Å². The van der Waals surface area contributed by atoms with Gasteiger partial charge in [0.25, 0.3) is 5.91 Å². The number of aromatic nitrogens is 2. The summed E-state index contributed by atoms with van der Waals surface area (Å²) in [6, 6.07) is 13.0. The maximum atomic E-state index is 13.3. The Morgan fingerprint density at radius 2 is 1.94 bits per heavy atom. The lowest BCUT2D eigenvalue weighted by Crippen LogP contribution is -2.30. The van der Waals surface area contributed by atoms with Gasteiger partial charge in [0.1, 0.15) is 6.04 Å². The van der Waals surface area contributed by atoms with Crippen molar-refractivity contribution in [1.82, 2.24) is 15.0 Å². The zero-order chi connectivity index (χ0) is 21.8. The van der Waals surface area contributed by atoms with E-state index in [1.54, 1.807) is 23.1 Å². The van der Waals surface area contributed by atoms with Crippen molar-refractivity contribution in [2.45, 2.75) is 39.7 Å². The number of hydrogen-bond acceptors (Lipinski definition) is 6. The fraction of sp³-hybridized carbons (Fsp3) is 0.375. The Kier molecular flexibility index (Phi) is 6.21. The van der Waals surface area contributed by atoms with Crippen LogP contribution in [0.15, 0.2) is 47.0 Å². The second-order valence-corrected chi connectivity index (χ2v) is 7.51. The van der Waals surface area contributed by atoms with E-state index in [9.17, 15) is 4.79 Å². The molecule has 1 aliphatic heterocycles. The van der Waals surface area contributed by atoms with Crippen LogP contribution in [0.4, 0.5) is 0 Å². The molecule has 1 aromatic heterocycles. The van der Waals surface area contributed by atoms with Gasteiger partial charge in [0, 0.05) is 17.7 Å². The van der Waals surface area contributed by atoms with Gasteiger partial charge in [-0.05, 0) is 57.9 Å². The Bertz CT molecular complexity index is 1060. The molecule has 2 heterocycles. The maximum absolute atomic E-state index is 13.3. The molecule has 0 saturated carbocycles. The normalized spacial score (nSPS) is 15.8. The van der Waals surface area contributed by atoms with E-state index in [0.717, 1.165) is 24.0 Å². The number of benzene rings is 2. The molecule has 1 atom stereocenters. The number of carbonyl (C=O) groups excluding carboxylic acids is 1. The van der Waals surface area contributed by atoms with Crippen molar-refractivity contribution in [2.75, 3.05) is 19.8 Å². The molecule has 0 spiro atoms. The third-order valence-corrected chi connectivity index (χ3v) is 5.31. The summed E-state index contributed by atoms with van der Waals surface area (Å²) in [6.07, 6.45) is 1.67. The van der Waals surface area contributed by atoms with Gasteiger partial charge in [0.2, 0.25) is 11.7 Å². The van der Waals surface area contributed by atoms with Crippen molar-refractivity contribution in [1.29, 1.82) is 0 Å². The van der Waals surface area contributed by atoms with Crippen LogP contribution >= 0.6 is 0 Å². The van der Waals surface area contributed by atoms with Crippen LogP contribution in [0.1, 0.15) is 54.5 Å². The van der Waals surface area contributed by atoms with Crippen molar-refractivity contribution in [3.8, 4) is 22.9 Å². The topological polar surface area (TPSA) is 77.7 Å². The standard InChI is InChI=1S/C24H27N3O4/c1-4-29-20-12-11-18(15-21(20)30-5-2)24(28)27-13-7-10-19(27)23-25-22(26-31-23)17-9-6-8-16(3)14-17/h6,8-9,11-12,14-15,19H,4-5,7,10,13H2,1-3H3/t19-/m1/s1. The van der Waals surface area contributed by atoms with Gasteiger partial charge in [0.05, 0.1) is 13.2 Å². The highest BCUT2D eigenvalue weighted by atomic mass is 16.5. The first-order valence-electron chi connectivity index (χ1n) is 10.7. The Balaban J connectivity index is 1.57. The minimum absolute atomic E-state index is 0.0817. The largest absolute Gasteiger partial charge is 0.490 e. The van der Waals surface area contributed by atoms with Gasteiger partial charge in [-0.2, -0.15) is 4.98 Å². The summed E-state index contributed by atoms with van der Waals surface area (Å²) < 4.78 is 16.9. The first kappa shape index (κ1) is 20.9. The molecule has 4 rings (SSSR count). The lowest BCUT2D eigenvalue weighted by molar-refractivity contribution is 0.0709. The summed E-state index contributed by atoms with van der Waals surface area (Å²) in [6.45, 7) is 7.51. The third-order valence-electron chi connectivity index (χ3n) is 5.31. The van der Waals surface area contributed by atoms with Crippen LogP contribution in [0.3, 0.4) is 0 Å². The zero-order valence-corrected chi connectivity index (χ0v) is 18.1. The van der Waals surface area contributed by atoms with E-state index in [1.807, 2.05) is 45.0 Å². The van der Waals surface area contributed by atoms with Crippen LogP contribution in [0.25, 0.3) is 11.4 Å². The molecule has 1 saturated heterocycles. The van der Waals surface area contributed by atoms with Crippen LogP contribution in [0.5, 0.6) is 11.5 Å². The lowest BCUT2D eigenvalue weighted by atomic mass is 10.1. The van der Waals surface area contributed by atoms with Crippen molar-refractivity contribution < 1.29 is 18.8 Å². The first-order chi connectivity index (χ1) is 15.1. The molecule has 1 fully saturated rings. The van der Waals surface area contributed by atoms with E-state index in [4.69, 9.17) is 14.0 Å². The molecular formula is C24H27N3O4. The minimum Gasteiger partial charge on any atom is -0.490 e. The van der Waals surface area contributed by atoms with Gasteiger partial charge in [-0.25, -0.2) is 0 Å². The van der Waals surface area contributed by atoms with Gasteiger partial charge >= 0.3 is 0 Å². The molecule has 7 heteroatoms. The first-order valence-corrected chi connectivity index (χ1v) is 10.7. The SMILES string of the molecule is CCOc1ccc(C(=O)N2CCC[C@@H]2c2nc(-c3cccc(C)c3)no2)cc1OCC. The van der Waals surface area contributed by atoms with Crippen molar-refractivity contribution >= 4 is 5.91 Å². The number of hydrogen-bond donors (Lipinski definition) is 0. The highest BCUT2D eigenvalue weighted by molar-refractivity contribution is 5.95. The van der Waals surface area contributed by atoms with Crippen LogP contribution in [0.2, 0.25) is 0 Å². The van der Waals surface area contributed by atoms with E-state index in [0.29, 0.717) is 48.5 Å². The lowest BCUT2D eigenvalue weighted by Gasteiger charge is -2.22. The Morgan fingerprint density at radius 1 is 1.13 bits per heavy atom. The van der Waals surface area contributed by atoms with Crippen molar-refractivity contribution in [3.05, 3.63) is 59.5 Å². The highest BCUT2D eigenvalue weighted by Gasteiger charge is 2.35. The van der Waals surface area contributed by atoms with E-state index in [2.05, 4.69) is 10.1 Å². The van der Waals surface area contributed by atoms with Crippen molar-refractivity contribution in [2.24, 2.45) is 0 Å². The second-order valence-electron chi connectivity index (χ2n) is 7.51. The summed E-state index contributed by atoms with van der Waals surface area (Å²) in [5, 5.41) is 4.15. The Labute approximate surface area is 182 Å². The molecule has 0 bridgehead atoms. The van der Waals surface area contributed by atoms with Gasteiger partial charge in [0.15, 0.2) is 11.5 Å². The average molecular weight is 421 g/mol. The van der Waals surface area contributed by atoms with Crippen LogP contribution in [-0.4, -0.2) is 40.7 Å². The average Bonchev–Trinajstić information content (AvgIpc) is 3.44. The molecule has 1 amide bonds. The number of nitrogens with zero attached hydrogens (tertiary/aromatic N) is 3. The van der Waals surface area contributed by atoms with E-state index in [-0.39, 0.29) is 11.9 Å². The molecule has 0 N–H and O–H groups in total. The Hall–Kier alpha value is -3.35. The fourth-order valence-corrected chi connectivity index (χ4v) is 3.89. The van der Waals surface area contributed by atoms with Gasteiger partial charge in [-0.1, -0.05) is 28.9 Å². The van der Waals surface area contributed by atoms with Crippen molar-refractivity contribution in [3.63, 3.8) is 0 Å². The van der Waals surface area contributed by atoms with Gasteiger partial charge in [-0.15, -0.1) is 0 Å². The summed E-state index contributed by atoms with van der Waals surface area (Å²) in [5.74, 6) is 2.14. The molecule has 31 heavy (non-hydrogen) atoms. The molecule has 1 aliphatic rings. The molecule has 162 valence electrons. The smallest absolute Gasteiger partial charge is 0.254 e. The molecule has 3 aromatic rings.